The van der Waals surface area contributed by atoms with E-state index in [-0.39, 0.29) is 40.4 Å². The van der Waals surface area contributed by atoms with Gasteiger partial charge in [0.05, 0.1) is 22.2 Å². The van der Waals surface area contributed by atoms with Gasteiger partial charge in [0.15, 0.2) is 10.9 Å². The zero-order valence-corrected chi connectivity index (χ0v) is 20.3. The summed E-state index contributed by atoms with van der Waals surface area (Å²) in [6.45, 7) is 3.12. The Hall–Kier alpha value is -2.74. The fourth-order valence-electron chi connectivity index (χ4n) is 4.71. The van der Waals surface area contributed by atoms with Crippen molar-refractivity contribution in [2.45, 2.75) is 57.8 Å². The van der Waals surface area contributed by atoms with Gasteiger partial charge in [0.1, 0.15) is 5.75 Å². The summed E-state index contributed by atoms with van der Waals surface area (Å²) < 4.78 is 32.0. The van der Waals surface area contributed by atoms with Crippen LogP contribution in [0.3, 0.4) is 0 Å². The Balaban J connectivity index is 1.70. The monoisotopic (exact) mass is 486 g/mol. The molecule has 3 aromatic rings. The first kappa shape index (κ1) is 24.4. The molecule has 0 unspecified atom stereocenters. The SMILES string of the molecule is Cc1ccc(OC(F)F)c(C(=O)CSc2nc3ccccc3c(=O)n2[C@@H]2CCC[C@@H](C)[C@@H]2C)c1. The van der Waals surface area contributed by atoms with Gasteiger partial charge in [-0.05, 0) is 49.4 Å². The lowest BCUT2D eigenvalue weighted by atomic mass is 9.78. The highest BCUT2D eigenvalue weighted by atomic mass is 32.2. The number of alkyl halides is 2. The summed E-state index contributed by atoms with van der Waals surface area (Å²) in [6.07, 6.45) is 3.02. The van der Waals surface area contributed by atoms with Crippen LogP contribution in [0.15, 0.2) is 52.4 Å². The molecule has 4 rings (SSSR count). The zero-order valence-electron chi connectivity index (χ0n) is 19.5. The van der Waals surface area contributed by atoms with Crippen LogP contribution >= 0.6 is 11.8 Å². The summed E-state index contributed by atoms with van der Waals surface area (Å²) >= 11 is 1.17. The fourth-order valence-corrected chi connectivity index (χ4v) is 5.64. The average molecular weight is 487 g/mol. The van der Waals surface area contributed by atoms with E-state index in [0.29, 0.717) is 22.0 Å². The van der Waals surface area contributed by atoms with Crippen molar-refractivity contribution in [1.82, 2.24) is 9.55 Å². The molecule has 3 atom stereocenters. The summed E-state index contributed by atoms with van der Waals surface area (Å²) in [5.74, 6) is 0.197. The minimum atomic E-state index is -3.02. The quantitative estimate of drug-likeness (QED) is 0.223. The lowest BCUT2D eigenvalue weighted by Crippen LogP contribution is -2.35. The van der Waals surface area contributed by atoms with Crippen molar-refractivity contribution >= 4 is 28.4 Å². The van der Waals surface area contributed by atoms with E-state index >= 15 is 0 Å². The summed E-state index contributed by atoms with van der Waals surface area (Å²) in [5, 5.41) is 1.03. The van der Waals surface area contributed by atoms with E-state index < -0.39 is 6.61 Å². The first-order chi connectivity index (χ1) is 16.3. The maximum Gasteiger partial charge on any atom is 0.387 e. The third-order valence-corrected chi connectivity index (χ3v) is 7.71. The molecular formula is C26H28F2N2O3S. The molecule has 0 saturated heterocycles. The van der Waals surface area contributed by atoms with Crippen LogP contribution in [0.25, 0.3) is 10.9 Å². The molecule has 0 N–H and O–H groups in total. The van der Waals surface area contributed by atoms with Crippen molar-refractivity contribution in [3.8, 4) is 5.75 Å². The van der Waals surface area contributed by atoms with Crippen LogP contribution in [-0.4, -0.2) is 27.7 Å². The number of ether oxygens (including phenoxy) is 1. The Morgan fingerprint density at radius 2 is 1.97 bits per heavy atom. The Kier molecular flexibility index (Phi) is 7.36. The Labute approximate surface area is 201 Å². The molecule has 0 spiro atoms. The van der Waals surface area contributed by atoms with Crippen LogP contribution in [-0.2, 0) is 0 Å². The molecule has 0 aliphatic heterocycles. The number of Topliss-reactive ketones (excluding diaryl/α,β-unsaturated/α-hetero) is 1. The van der Waals surface area contributed by atoms with Crippen molar-refractivity contribution in [2.24, 2.45) is 11.8 Å². The highest BCUT2D eigenvalue weighted by molar-refractivity contribution is 7.99. The smallest absolute Gasteiger partial charge is 0.387 e. The van der Waals surface area contributed by atoms with E-state index in [0.717, 1.165) is 24.8 Å². The van der Waals surface area contributed by atoms with Crippen LogP contribution in [0.5, 0.6) is 5.75 Å². The second-order valence-corrected chi connectivity index (χ2v) is 9.95. The number of hydrogen-bond acceptors (Lipinski definition) is 5. The molecule has 2 aromatic carbocycles. The number of fused-ring (bicyclic) bond motifs is 1. The average Bonchev–Trinajstić information content (AvgIpc) is 2.81. The highest BCUT2D eigenvalue weighted by Gasteiger charge is 2.31. The maximum absolute atomic E-state index is 13.6. The number of thioether (sulfide) groups is 1. The molecular weight excluding hydrogens is 458 g/mol. The third-order valence-electron chi connectivity index (χ3n) is 6.75. The van der Waals surface area contributed by atoms with Gasteiger partial charge >= 0.3 is 6.61 Å². The van der Waals surface area contributed by atoms with Gasteiger partial charge in [-0.1, -0.05) is 62.2 Å². The zero-order chi connectivity index (χ0) is 24.4. The molecule has 1 heterocycles. The molecule has 1 saturated carbocycles. The molecule has 1 aromatic heterocycles. The molecule has 5 nitrogen and oxygen atoms in total. The number of aromatic nitrogens is 2. The Bertz CT molecular complexity index is 1260. The van der Waals surface area contributed by atoms with E-state index in [1.165, 1.54) is 17.8 Å². The van der Waals surface area contributed by atoms with Crippen LogP contribution in [0.2, 0.25) is 0 Å². The standard InChI is InChI=1S/C26H28F2N2O3S/c1-15-11-12-23(33-25(27)28)19(13-15)22(31)14-34-26-29-20-9-5-4-8-18(20)24(32)30(26)21-10-6-7-16(2)17(21)3/h4-5,8-9,11-13,16-17,21,25H,6-7,10,14H2,1-3H3/t16-,17+,21-/m1/s1. The fraction of sp³-hybridized carbons (Fsp3) is 0.423. The summed E-state index contributed by atoms with van der Waals surface area (Å²) in [7, 11) is 0. The largest absolute Gasteiger partial charge is 0.434 e. The highest BCUT2D eigenvalue weighted by Crippen LogP contribution is 2.39. The van der Waals surface area contributed by atoms with Gasteiger partial charge in [-0.2, -0.15) is 8.78 Å². The van der Waals surface area contributed by atoms with Crippen molar-refractivity contribution in [3.05, 3.63) is 63.9 Å². The van der Waals surface area contributed by atoms with Crippen LogP contribution in [0.4, 0.5) is 8.78 Å². The number of benzene rings is 2. The van der Waals surface area contributed by atoms with Crippen LogP contribution < -0.4 is 10.3 Å². The Morgan fingerprint density at radius 3 is 2.74 bits per heavy atom. The molecule has 34 heavy (non-hydrogen) atoms. The lowest BCUT2D eigenvalue weighted by molar-refractivity contribution is -0.0501. The second-order valence-electron chi connectivity index (χ2n) is 9.01. The van der Waals surface area contributed by atoms with Crippen molar-refractivity contribution in [2.75, 3.05) is 5.75 Å². The first-order valence-electron chi connectivity index (χ1n) is 11.5. The van der Waals surface area contributed by atoms with Crippen molar-refractivity contribution in [1.29, 1.82) is 0 Å². The Morgan fingerprint density at radius 1 is 1.21 bits per heavy atom. The number of para-hydroxylation sites is 1. The van der Waals surface area contributed by atoms with Gasteiger partial charge in [-0.25, -0.2) is 4.98 Å². The minimum absolute atomic E-state index is 0.0114. The maximum atomic E-state index is 13.6. The number of carbonyl (C=O) groups excluding carboxylic acids is 1. The van der Waals surface area contributed by atoms with E-state index in [1.807, 2.05) is 12.1 Å². The van der Waals surface area contributed by atoms with E-state index in [4.69, 9.17) is 4.98 Å². The molecule has 180 valence electrons. The number of ketones is 1. The summed E-state index contributed by atoms with van der Waals surface area (Å²) in [4.78, 5) is 31.4. The second kappa shape index (κ2) is 10.3. The van der Waals surface area contributed by atoms with Crippen LogP contribution in [0, 0.1) is 18.8 Å². The van der Waals surface area contributed by atoms with Gasteiger partial charge in [-0.15, -0.1) is 0 Å². The van der Waals surface area contributed by atoms with Gasteiger partial charge in [0, 0.05) is 6.04 Å². The predicted octanol–water partition coefficient (Wildman–Crippen LogP) is 6.28. The number of hydrogen-bond donors (Lipinski definition) is 0. The first-order valence-corrected chi connectivity index (χ1v) is 12.5. The van der Waals surface area contributed by atoms with E-state index in [9.17, 15) is 18.4 Å². The lowest BCUT2D eigenvalue weighted by Gasteiger charge is -2.36. The van der Waals surface area contributed by atoms with Crippen molar-refractivity contribution < 1.29 is 18.3 Å². The van der Waals surface area contributed by atoms with Crippen molar-refractivity contribution in [3.63, 3.8) is 0 Å². The molecule has 8 heteroatoms. The van der Waals surface area contributed by atoms with Crippen LogP contribution in [0.1, 0.15) is 55.1 Å². The summed E-state index contributed by atoms with van der Waals surface area (Å²) in [6, 6.07) is 11.7. The molecule has 0 amide bonds. The van der Waals surface area contributed by atoms with E-state index in [2.05, 4.69) is 18.6 Å². The summed E-state index contributed by atoms with van der Waals surface area (Å²) in [5.41, 5.74) is 1.33. The van der Waals surface area contributed by atoms with Gasteiger partial charge in [0.25, 0.3) is 5.56 Å². The molecule has 1 aliphatic carbocycles. The minimum Gasteiger partial charge on any atom is -0.434 e. The van der Waals surface area contributed by atoms with Gasteiger partial charge in [-0.3, -0.25) is 14.2 Å². The third kappa shape index (κ3) is 5.02. The molecule has 0 bridgehead atoms. The van der Waals surface area contributed by atoms with E-state index in [1.54, 1.807) is 35.8 Å². The van der Waals surface area contributed by atoms with Gasteiger partial charge in [0.2, 0.25) is 0 Å². The number of rotatable bonds is 7. The van der Waals surface area contributed by atoms with Gasteiger partial charge < -0.3 is 4.74 Å². The predicted molar refractivity (Wildman–Crippen MR) is 130 cm³/mol. The number of aryl methyl sites for hydroxylation is 1. The topological polar surface area (TPSA) is 61.2 Å². The molecule has 1 aliphatic rings. The number of halogens is 2. The number of carbonyl (C=O) groups is 1. The normalized spacial score (nSPS) is 20.6. The molecule has 0 radical (unpaired) electrons. The molecule has 1 fully saturated rings. The number of nitrogens with zero attached hydrogens (tertiary/aromatic N) is 2.